The maximum Gasteiger partial charge on any atom is 0.137 e. The summed E-state index contributed by atoms with van der Waals surface area (Å²) in [4.78, 5) is 9.83. The number of hydrogen-bond acceptors (Lipinski definition) is 4. The van der Waals surface area contributed by atoms with Gasteiger partial charge in [-0.05, 0) is 100.0 Å². The lowest BCUT2D eigenvalue weighted by atomic mass is 9.78. The third kappa shape index (κ3) is 7.21. The van der Waals surface area contributed by atoms with E-state index in [0.29, 0.717) is 6.67 Å². The van der Waals surface area contributed by atoms with Crippen molar-refractivity contribution < 1.29 is 4.74 Å². The second kappa shape index (κ2) is 15.4. The second-order valence-corrected chi connectivity index (χ2v) is 19.0. The number of anilines is 4. The summed E-state index contributed by atoms with van der Waals surface area (Å²) >= 11 is 0. The standard InChI is InChI=1S/C58H54N4O/c1-56(2,3)40-26-28-45(29-27-40)60-39-61(53-25-17-16-24-52(53)60)46-34-44(58(6,7)42-20-12-9-13-21-42)35-48(37-46)63-47-30-31-50-49-22-14-15-23-51(49)62(54(50)38-47)55-36-43(32-33-59-55)57(4,5)41-18-10-8-11-19-41/h8-38H,39H2,1-7H3. The van der Waals surface area contributed by atoms with Crippen LogP contribution >= 0.6 is 0 Å². The average molecular weight is 823 g/mol. The van der Waals surface area contributed by atoms with Gasteiger partial charge in [0.1, 0.15) is 24.0 Å². The van der Waals surface area contributed by atoms with E-state index in [-0.39, 0.29) is 16.2 Å². The molecule has 5 heteroatoms. The Bertz CT molecular complexity index is 3100. The molecule has 0 radical (unpaired) electrons. The van der Waals surface area contributed by atoms with Crippen molar-refractivity contribution >= 4 is 44.6 Å². The molecule has 0 saturated heterocycles. The SMILES string of the molecule is CC(C)(C)c1ccc(N2CN(c3cc(Oc4ccc5c6ccccc6n(-c6cc(C(C)(C)c7ccccc7)ccn6)c5c4)cc(C(C)(C)c4ccccc4)c3)c3ccccc32)cc1. The van der Waals surface area contributed by atoms with Gasteiger partial charge in [-0.2, -0.15) is 0 Å². The van der Waals surface area contributed by atoms with E-state index >= 15 is 0 Å². The van der Waals surface area contributed by atoms with E-state index in [2.05, 4.69) is 245 Å². The molecule has 0 spiro atoms. The van der Waals surface area contributed by atoms with Crippen molar-refractivity contribution in [1.29, 1.82) is 0 Å². The lowest BCUT2D eigenvalue weighted by molar-refractivity contribution is 0.480. The van der Waals surface area contributed by atoms with Crippen LogP contribution in [0.5, 0.6) is 11.5 Å². The summed E-state index contributed by atoms with van der Waals surface area (Å²) in [5.41, 5.74) is 12.5. The zero-order valence-electron chi connectivity index (χ0n) is 37.3. The number of nitrogens with zero attached hydrogens (tertiary/aromatic N) is 4. The average Bonchev–Trinajstić information content (AvgIpc) is 3.85. The number of aromatic nitrogens is 2. The predicted molar refractivity (Wildman–Crippen MR) is 263 cm³/mol. The summed E-state index contributed by atoms with van der Waals surface area (Å²) in [6.07, 6.45) is 1.94. The van der Waals surface area contributed by atoms with Crippen LogP contribution in [-0.4, -0.2) is 16.2 Å². The van der Waals surface area contributed by atoms with E-state index in [9.17, 15) is 0 Å². The van der Waals surface area contributed by atoms with Crippen molar-refractivity contribution in [3.05, 3.63) is 216 Å². The lowest BCUT2D eigenvalue weighted by Gasteiger charge is -2.29. The molecule has 9 aromatic rings. The monoisotopic (exact) mass is 822 g/mol. The normalized spacial score (nSPS) is 13.2. The molecule has 312 valence electrons. The molecule has 63 heavy (non-hydrogen) atoms. The van der Waals surface area contributed by atoms with Crippen LogP contribution in [0.15, 0.2) is 188 Å². The first-order valence-corrected chi connectivity index (χ1v) is 22.1. The summed E-state index contributed by atoms with van der Waals surface area (Å²) in [5.74, 6) is 2.41. The molecule has 0 bridgehead atoms. The van der Waals surface area contributed by atoms with E-state index in [1.807, 2.05) is 6.20 Å². The number of ether oxygens (including phenoxy) is 1. The van der Waals surface area contributed by atoms with Gasteiger partial charge < -0.3 is 14.5 Å². The minimum absolute atomic E-state index is 0.0820. The van der Waals surface area contributed by atoms with Crippen molar-refractivity contribution in [3.63, 3.8) is 0 Å². The molecule has 0 aliphatic carbocycles. The highest BCUT2D eigenvalue weighted by molar-refractivity contribution is 6.09. The van der Waals surface area contributed by atoms with E-state index in [0.717, 1.165) is 45.1 Å². The van der Waals surface area contributed by atoms with Crippen LogP contribution < -0.4 is 14.5 Å². The number of rotatable bonds is 9. The predicted octanol–water partition coefficient (Wildman–Crippen LogP) is 15.2. The Morgan fingerprint density at radius 1 is 0.429 bits per heavy atom. The van der Waals surface area contributed by atoms with Gasteiger partial charge in [-0.3, -0.25) is 4.57 Å². The molecule has 5 nitrogen and oxygen atoms in total. The van der Waals surface area contributed by atoms with Crippen molar-refractivity contribution in [2.45, 2.75) is 64.7 Å². The molecule has 1 aliphatic heterocycles. The maximum absolute atomic E-state index is 7.05. The van der Waals surface area contributed by atoms with Crippen molar-refractivity contribution in [3.8, 4) is 17.3 Å². The molecule has 0 fully saturated rings. The maximum atomic E-state index is 7.05. The van der Waals surface area contributed by atoms with Crippen LogP contribution in [0.1, 0.15) is 76.3 Å². The van der Waals surface area contributed by atoms with Crippen LogP contribution in [-0.2, 0) is 16.2 Å². The molecule has 1 aliphatic rings. The number of pyridine rings is 1. The Morgan fingerprint density at radius 2 is 1.02 bits per heavy atom. The van der Waals surface area contributed by atoms with Gasteiger partial charge in [0.15, 0.2) is 0 Å². The summed E-state index contributed by atoms with van der Waals surface area (Å²) in [6, 6.07) is 65.5. The molecule has 7 aromatic carbocycles. The molecule has 0 amide bonds. The zero-order chi connectivity index (χ0) is 43.5. The first-order chi connectivity index (χ1) is 30.4. The largest absolute Gasteiger partial charge is 0.457 e. The molecule has 0 N–H and O–H groups in total. The number of fused-ring (bicyclic) bond motifs is 4. The number of hydrogen-bond donors (Lipinski definition) is 0. The van der Waals surface area contributed by atoms with Gasteiger partial charge >= 0.3 is 0 Å². The fraction of sp³-hybridized carbons (Fsp3) is 0.190. The first kappa shape index (κ1) is 40.0. The molecule has 3 heterocycles. The quantitative estimate of drug-likeness (QED) is 0.145. The Hall–Kier alpha value is -7.11. The van der Waals surface area contributed by atoms with Gasteiger partial charge in [-0.1, -0.05) is 152 Å². The lowest BCUT2D eigenvalue weighted by Crippen LogP contribution is -2.25. The molecule has 10 rings (SSSR count). The summed E-state index contributed by atoms with van der Waals surface area (Å²) in [6.45, 7) is 16.6. The van der Waals surface area contributed by atoms with E-state index in [1.165, 1.54) is 44.6 Å². The highest BCUT2D eigenvalue weighted by Crippen LogP contribution is 2.47. The third-order valence-corrected chi connectivity index (χ3v) is 13.3. The Balaban J connectivity index is 1.08. The van der Waals surface area contributed by atoms with Crippen molar-refractivity contribution in [1.82, 2.24) is 9.55 Å². The van der Waals surface area contributed by atoms with E-state index in [1.54, 1.807) is 0 Å². The summed E-state index contributed by atoms with van der Waals surface area (Å²) in [7, 11) is 0. The number of benzene rings is 7. The Morgan fingerprint density at radius 3 is 1.68 bits per heavy atom. The Kier molecular flexibility index (Phi) is 9.75. The Labute approximate surface area is 371 Å². The molecular weight excluding hydrogens is 769 g/mol. The van der Waals surface area contributed by atoms with Gasteiger partial charge in [0, 0.05) is 51.3 Å². The van der Waals surface area contributed by atoms with Gasteiger partial charge in [-0.25, -0.2) is 4.98 Å². The van der Waals surface area contributed by atoms with E-state index in [4.69, 9.17) is 9.72 Å². The summed E-state index contributed by atoms with van der Waals surface area (Å²) in [5, 5.41) is 2.32. The third-order valence-electron chi connectivity index (χ3n) is 13.3. The minimum Gasteiger partial charge on any atom is -0.457 e. The van der Waals surface area contributed by atoms with Crippen LogP contribution in [0.3, 0.4) is 0 Å². The smallest absolute Gasteiger partial charge is 0.137 e. The van der Waals surface area contributed by atoms with Gasteiger partial charge in [0.2, 0.25) is 0 Å². The van der Waals surface area contributed by atoms with Crippen molar-refractivity contribution in [2.75, 3.05) is 16.5 Å². The number of para-hydroxylation sites is 3. The van der Waals surface area contributed by atoms with Gasteiger partial charge in [-0.15, -0.1) is 0 Å². The first-order valence-electron chi connectivity index (χ1n) is 22.1. The van der Waals surface area contributed by atoms with Crippen LogP contribution in [0, 0.1) is 0 Å². The minimum atomic E-state index is -0.308. The van der Waals surface area contributed by atoms with Crippen LogP contribution in [0.2, 0.25) is 0 Å². The molecular formula is C58H54N4O. The molecule has 0 atom stereocenters. The van der Waals surface area contributed by atoms with Gasteiger partial charge in [0.05, 0.1) is 22.4 Å². The topological polar surface area (TPSA) is 33.5 Å². The van der Waals surface area contributed by atoms with E-state index < -0.39 is 0 Å². The fourth-order valence-electron chi connectivity index (χ4n) is 9.33. The highest BCUT2D eigenvalue weighted by Gasteiger charge is 2.31. The fourth-order valence-corrected chi connectivity index (χ4v) is 9.33. The molecule has 0 saturated carbocycles. The highest BCUT2D eigenvalue weighted by atomic mass is 16.5. The summed E-state index contributed by atoms with van der Waals surface area (Å²) < 4.78 is 9.34. The van der Waals surface area contributed by atoms with Gasteiger partial charge in [0.25, 0.3) is 0 Å². The second-order valence-electron chi connectivity index (χ2n) is 19.0. The molecule has 2 aromatic heterocycles. The van der Waals surface area contributed by atoms with Crippen molar-refractivity contribution in [2.24, 2.45) is 0 Å². The zero-order valence-corrected chi connectivity index (χ0v) is 37.3. The molecule has 0 unspecified atom stereocenters. The van der Waals surface area contributed by atoms with Crippen LogP contribution in [0.4, 0.5) is 22.7 Å². The van der Waals surface area contributed by atoms with Crippen LogP contribution in [0.25, 0.3) is 27.6 Å².